The standard InChI is InChI=1S/C40H74NO10P/c1-3-5-7-9-11-13-15-17-18-20-21-23-25-27-29-31-38(42)48-33-36(34-49-52(46,47)50-35-37(41)40(44)45)51-39(43)32-30-28-26-24-22-19-16-14-12-10-8-6-4-2/h9,11,14,16,36-37H,3-8,10,12-13,15,17-35,41H2,1-2H3,(H,44,45)(H,46,47)/b11-9+,16-14+/t36-,37+/m1/s1. The summed E-state index contributed by atoms with van der Waals surface area (Å²) in [5.74, 6) is -2.39. The van der Waals surface area contributed by atoms with Crippen LogP contribution in [0.4, 0.5) is 0 Å². The van der Waals surface area contributed by atoms with Crippen LogP contribution in [-0.2, 0) is 37.5 Å². The Kier molecular flexibility index (Phi) is 34.6. The molecule has 52 heavy (non-hydrogen) atoms. The maximum Gasteiger partial charge on any atom is 0.472 e. The van der Waals surface area contributed by atoms with Gasteiger partial charge in [0.25, 0.3) is 0 Å². The number of hydrogen-bond acceptors (Lipinski definition) is 9. The van der Waals surface area contributed by atoms with Crippen LogP contribution in [-0.4, -0.2) is 59.9 Å². The van der Waals surface area contributed by atoms with Crippen LogP contribution >= 0.6 is 7.82 Å². The van der Waals surface area contributed by atoms with Crippen LogP contribution in [0.5, 0.6) is 0 Å². The first-order valence-corrected chi connectivity index (χ1v) is 21.9. The first kappa shape index (κ1) is 50.0. The number of hydrogen-bond donors (Lipinski definition) is 3. The maximum atomic E-state index is 12.6. The summed E-state index contributed by atoms with van der Waals surface area (Å²) < 4.78 is 32.6. The average molecular weight is 760 g/mol. The van der Waals surface area contributed by atoms with Crippen LogP contribution in [0.15, 0.2) is 24.3 Å². The smallest absolute Gasteiger partial charge is 0.472 e. The zero-order valence-corrected chi connectivity index (χ0v) is 33.5. The third kappa shape index (κ3) is 35.0. The van der Waals surface area contributed by atoms with E-state index < -0.39 is 51.1 Å². The SMILES string of the molecule is CCCC/C=C/CCCCCCCCCCCC(=O)OC[C@H](COP(=O)(O)OC[C@H](N)C(=O)O)OC(=O)CCCCCCC/C=C/CCCCCC. The summed E-state index contributed by atoms with van der Waals surface area (Å²) in [6.07, 6.45) is 35.3. The van der Waals surface area contributed by atoms with Crippen molar-refractivity contribution < 1.29 is 47.5 Å². The lowest BCUT2D eigenvalue weighted by molar-refractivity contribution is -0.161. The zero-order valence-electron chi connectivity index (χ0n) is 32.7. The van der Waals surface area contributed by atoms with Crippen molar-refractivity contribution in [1.29, 1.82) is 0 Å². The Labute approximate surface area is 315 Å². The summed E-state index contributed by atoms with van der Waals surface area (Å²) in [5, 5.41) is 8.87. The molecular weight excluding hydrogens is 685 g/mol. The summed E-state index contributed by atoms with van der Waals surface area (Å²) in [6, 6.07) is -1.52. The van der Waals surface area contributed by atoms with Crippen molar-refractivity contribution in [3.63, 3.8) is 0 Å². The van der Waals surface area contributed by atoms with Gasteiger partial charge in [0.1, 0.15) is 12.6 Å². The molecule has 0 saturated heterocycles. The van der Waals surface area contributed by atoms with Crippen LogP contribution in [0.3, 0.4) is 0 Å². The van der Waals surface area contributed by atoms with E-state index in [1.807, 2.05) is 0 Å². The van der Waals surface area contributed by atoms with Gasteiger partial charge in [-0.05, 0) is 57.8 Å². The predicted octanol–water partition coefficient (Wildman–Crippen LogP) is 10.3. The second-order valence-corrected chi connectivity index (χ2v) is 15.2. The van der Waals surface area contributed by atoms with Gasteiger partial charge in [-0.15, -0.1) is 0 Å². The van der Waals surface area contributed by atoms with Crippen molar-refractivity contribution in [2.24, 2.45) is 5.73 Å². The lowest BCUT2D eigenvalue weighted by atomic mass is 10.1. The average Bonchev–Trinajstić information content (AvgIpc) is 3.12. The Bertz CT molecular complexity index is 989. The number of aliphatic carboxylic acids is 1. The molecule has 0 spiro atoms. The minimum atomic E-state index is -4.71. The Morgan fingerprint density at radius 1 is 0.577 bits per heavy atom. The molecule has 11 nitrogen and oxygen atoms in total. The second kappa shape index (κ2) is 36.0. The van der Waals surface area contributed by atoms with E-state index in [0.717, 1.165) is 57.8 Å². The molecule has 0 aliphatic carbocycles. The molecule has 0 aromatic rings. The maximum absolute atomic E-state index is 12.6. The molecule has 0 heterocycles. The quantitative estimate of drug-likeness (QED) is 0.0237. The van der Waals surface area contributed by atoms with E-state index in [4.69, 9.17) is 24.8 Å². The van der Waals surface area contributed by atoms with Gasteiger partial charge in [-0.25, -0.2) is 4.57 Å². The minimum absolute atomic E-state index is 0.152. The normalized spacial score (nSPS) is 14.1. The van der Waals surface area contributed by atoms with E-state index in [1.165, 1.54) is 83.5 Å². The molecule has 12 heteroatoms. The number of rotatable bonds is 38. The van der Waals surface area contributed by atoms with E-state index in [2.05, 4.69) is 42.7 Å². The third-order valence-corrected chi connectivity index (χ3v) is 9.62. The number of phosphoric ester groups is 1. The van der Waals surface area contributed by atoms with Crippen molar-refractivity contribution in [3.05, 3.63) is 24.3 Å². The highest BCUT2D eigenvalue weighted by atomic mass is 31.2. The second-order valence-electron chi connectivity index (χ2n) is 13.8. The number of allylic oxidation sites excluding steroid dienone is 4. The van der Waals surface area contributed by atoms with Crippen molar-refractivity contribution >= 4 is 25.7 Å². The third-order valence-electron chi connectivity index (χ3n) is 8.67. The van der Waals surface area contributed by atoms with Gasteiger partial charge >= 0.3 is 25.7 Å². The van der Waals surface area contributed by atoms with Gasteiger partial charge in [0.15, 0.2) is 6.10 Å². The Morgan fingerprint density at radius 2 is 0.981 bits per heavy atom. The number of carboxylic acids is 1. The fraction of sp³-hybridized carbons (Fsp3) is 0.825. The van der Waals surface area contributed by atoms with Crippen molar-refractivity contribution in [3.8, 4) is 0 Å². The number of carboxylic acid groups (broad SMARTS) is 1. The Hall–Kier alpha value is -2.04. The molecule has 4 N–H and O–H groups in total. The molecule has 0 aliphatic rings. The topological polar surface area (TPSA) is 172 Å². The molecule has 0 amide bonds. The molecule has 0 rings (SSSR count). The molecule has 0 aromatic carbocycles. The number of nitrogens with two attached hydrogens (primary N) is 1. The van der Waals surface area contributed by atoms with E-state index >= 15 is 0 Å². The molecule has 0 bridgehead atoms. The van der Waals surface area contributed by atoms with Crippen LogP contribution < -0.4 is 5.73 Å². The first-order valence-electron chi connectivity index (χ1n) is 20.4. The van der Waals surface area contributed by atoms with Gasteiger partial charge in [-0.1, -0.05) is 134 Å². The van der Waals surface area contributed by atoms with E-state index in [9.17, 15) is 23.8 Å². The molecule has 0 radical (unpaired) electrons. The number of unbranched alkanes of at least 4 members (excludes halogenated alkanes) is 20. The molecule has 0 aromatic heterocycles. The fourth-order valence-electron chi connectivity index (χ4n) is 5.39. The Morgan fingerprint density at radius 3 is 1.46 bits per heavy atom. The minimum Gasteiger partial charge on any atom is -0.480 e. The highest BCUT2D eigenvalue weighted by Gasteiger charge is 2.28. The van der Waals surface area contributed by atoms with Gasteiger partial charge in [0, 0.05) is 12.8 Å². The molecule has 0 saturated carbocycles. The fourth-order valence-corrected chi connectivity index (χ4v) is 6.17. The lowest BCUT2D eigenvalue weighted by Crippen LogP contribution is -2.34. The number of esters is 2. The van der Waals surface area contributed by atoms with Crippen molar-refractivity contribution in [2.75, 3.05) is 19.8 Å². The summed E-state index contributed by atoms with van der Waals surface area (Å²) >= 11 is 0. The summed E-state index contributed by atoms with van der Waals surface area (Å²) in [7, 11) is -4.71. The molecule has 1 unspecified atom stereocenters. The number of phosphoric acid groups is 1. The summed E-state index contributed by atoms with van der Waals surface area (Å²) in [6.45, 7) is 2.74. The van der Waals surface area contributed by atoms with Gasteiger partial charge in [-0.2, -0.15) is 0 Å². The van der Waals surface area contributed by atoms with E-state index in [-0.39, 0.29) is 19.4 Å². The summed E-state index contributed by atoms with van der Waals surface area (Å²) in [5.41, 5.74) is 5.32. The number of ether oxygens (including phenoxy) is 2. The van der Waals surface area contributed by atoms with Crippen molar-refractivity contribution in [2.45, 2.75) is 193 Å². The predicted molar refractivity (Wildman–Crippen MR) is 208 cm³/mol. The lowest BCUT2D eigenvalue weighted by Gasteiger charge is -2.20. The molecule has 0 fully saturated rings. The monoisotopic (exact) mass is 760 g/mol. The van der Waals surface area contributed by atoms with E-state index in [0.29, 0.717) is 12.8 Å². The van der Waals surface area contributed by atoms with Crippen LogP contribution in [0.25, 0.3) is 0 Å². The van der Waals surface area contributed by atoms with Gasteiger partial charge in [0.05, 0.1) is 13.2 Å². The van der Waals surface area contributed by atoms with Crippen molar-refractivity contribution in [1.82, 2.24) is 0 Å². The largest absolute Gasteiger partial charge is 0.480 e. The Balaban J connectivity index is 4.40. The summed E-state index contributed by atoms with van der Waals surface area (Å²) in [4.78, 5) is 45.8. The van der Waals surface area contributed by atoms with E-state index in [1.54, 1.807) is 0 Å². The van der Waals surface area contributed by atoms with Crippen LogP contribution in [0, 0.1) is 0 Å². The highest BCUT2D eigenvalue weighted by molar-refractivity contribution is 7.47. The molecule has 0 aliphatic heterocycles. The zero-order chi connectivity index (χ0) is 38.5. The molecule has 304 valence electrons. The first-order chi connectivity index (χ1) is 25.1. The molecule has 3 atom stereocenters. The van der Waals surface area contributed by atoms with Gasteiger partial charge in [0.2, 0.25) is 0 Å². The number of carbonyl (C=O) groups is 3. The van der Waals surface area contributed by atoms with Crippen LogP contribution in [0.1, 0.15) is 181 Å². The number of carbonyl (C=O) groups excluding carboxylic acids is 2. The highest BCUT2D eigenvalue weighted by Crippen LogP contribution is 2.43. The van der Waals surface area contributed by atoms with Gasteiger partial charge < -0.3 is 25.2 Å². The van der Waals surface area contributed by atoms with Gasteiger partial charge in [-0.3, -0.25) is 23.4 Å². The molecular formula is C40H74NO10P. The van der Waals surface area contributed by atoms with Crippen LogP contribution in [0.2, 0.25) is 0 Å².